The van der Waals surface area contributed by atoms with Crippen LogP contribution in [0, 0.1) is 6.92 Å². The Bertz CT molecular complexity index is 887. The summed E-state index contributed by atoms with van der Waals surface area (Å²) in [6.07, 6.45) is 2.36. The summed E-state index contributed by atoms with van der Waals surface area (Å²) >= 11 is 6.13. The summed E-state index contributed by atoms with van der Waals surface area (Å²) in [5.74, 6) is -0.165. The number of nitrogens with one attached hydrogen (secondary N) is 1. The SMILES string of the molecule is CCc1c(C(=O)Nc2cccc(Cl)c2C)cnn1Cc1ccccc1. The number of carbonyl (C=O) groups excluding carboxylic acids is 1. The molecule has 0 aliphatic heterocycles. The van der Waals surface area contributed by atoms with Crippen molar-refractivity contribution in [1.82, 2.24) is 9.78 Å². The summed E-state index contributed by atoms with van der Waals surface area (Å²) in [5, 5.41) is 7.99. The van der Waals surface area contributed by atoms with E-state index in [9.17, 15) is 4.79 Å². The van der Waals surface area contributed by atoms with Crippen LogP contribution in [0.3, 0.4) is 0 Å². The van der Waals surface area contributed by atoms with Gasteiger partial charge in [0.1, 0.15) is 0 Å². The molecule has 0 unspecified atom stereocenters. The number of hydrogen-bond donors (Lipinski definition) is 1. The summed E-state index contributed by atoms with van der Waals surface area (Å²) in [6.45, 7) is 4.56. The molecule has 1 amide bonds. The molecule has 0 bridgehead atoms. The van der Waals surface area contributed by atoms with Crippen molar-refractivity contribution in [2.24, 2.45) is 0 Å². The van der Waals surface area contributed by atoms with E-state index in [1.807, 2.05) is 54.9 Å². The Morgan fingerprint density at radius 1 is 1.16 bits per heavy atom. The molecule has 0 atom stereocenters. The van der Waals surface area contributed by atoms with Gasteiger partial charge in [-0.05, 0) is 36.6 Å². The van der Waals surface area contributed by atoms with Gasteiger partial charge in [0.25, 0.3) is 5.91 Å². The minimum absolute atomic E-state index is 0.165. The van der Waals surface area contributed by atoms with Gasteiger partial charge >= 0.3 is 0 Å². The van der Waals surface area contributed by atoms with Crippen LogP contribution in [0.5, 0.6) is 0 Å². The molecule has 3 rings (SSSR count). The summed E-state index contributed by atoms with van der Waals surface area (Å²) in [6, 6.07) is 15.6. The molecule has 0 radical (unpaired) electrons. The van der Waals surface area contributed by atoms with Crippen molar-refractivity contribution < 1.29 is 4.79 Å². The van der Waals surface area contributed by atoms with Gasteiger partial charge in [0.15, 0.2) is 0 Å². The van der Waals surface area contributed by atoms with Gasteiger partial charge in [-0.15, -0.1) is 0 Å². The summed E-state index contributed by atoms with van der Waals surface area (Å²) in [5.41, 5.74) is 4.24. The van der Waals surface area contributed by atoms with Crippen LogP contribution in [0.4, 0.5) is 5.69 Å². The third-order valence-corrected chi connectivity index (χ3v) is 4.63. The van der Waals surface area contributed by atoms with Crippen LogP contribution in [0.25, 0.3) is 0 Å². The molecule has 0 aliphatic carbocycles. The third kappa shape index (κ3) is 3.74. The van der Waals surface area contributed by atoms with E-state index in [1.165, 1.54) is 0 Å². The predicted octanol–water partition coefficient (Wildman–Crippen LogP) is 4.71. The molecule has 3 aromatic rings. The first-order valence-corrected chi connectivity index (χ1v) is 8.63. The smallest absolute Gasteiger partial charge is 0.259 e. The normalized spacial score (nSPS) is 10.7. The van der Waals surface area contributed by atoms with Crippen LogP contribution in [-0.2, 0) is 13.0 Å². The molecular weight excluding hydrogens is 334 g/mol. The van der Waals surface area contributed by atoms with Gasteiger partial charge in [-0.2, -0.15) is 5.10 Å². The fourth-order valence-corrected chi connectivity index (χ4v) is 2.97. The van der Waals surface area contributed by atoms with Crippen LogP contribution in [0.15, 0.2) is 54.7 Å². The van der Waals surface area contributed by atoms with Crippen molar-refractivity contribution in [3.63, 3.8) is 0 Å². The van der Waals surface area contributed by atoms with Gasteiger partial charge in [0, 0.05) is 10.7 Å². The van der Waals surface area contributed by atoms with Crippen LogP contribution >= 0.6 is 11.6 Å². The predicted molar refractivity (Wildman–Crippen MR) is 101 cm³/mol. The monoisotopic (exact) mass is 353 g/mol. The summed E-state index contributed by atoms with van der Waals surface area (Å²) in [7, 11) is 0. The second-order valence-corrected chi connectivity index (χ2v) is 6.28. The van der Waals surface area contributed by atoms with Gasteiger partial charge in [-0.25, -0.2) is 0 Å². The first-order valence-electron chi connectivity index (χ1n) is 8.25. The second-order valence-electron chi connectivity index (χ2n) is 5.87. The Balaban J connectivity index is 1.85. The molecule has 1 N–H and O–H groups in total. The van der Waals surface area contributed by atoms with Crippen LogP contribution in [0.2, 0.25) is 5.02 Å². The molecule has 1 heterocycles. The number of hydrogen-bond acceptors (Lipinski definition) is 2. The minimum Gasteiger partial charge on any atom is -0.322 e. The lowest BCUT2D eigenvalue weighted by Crippen LogP contribution is -2.15. The average Bonchev–Trinajstić information content (AvgIpc) is 3.02. The van der Waals surface area contributed by atoms with Crippen molar-refractivity contribution in [2.45, 2.75) is 26.8 Å². The molecule has 0 spiro atoms. The lowest BCUT2D eigenvalue weighted by Gasteiger charge is -2.11. The number of anilines is 1. The average molecular weight is 354 g/mol. The Morgan fingerprint density at radius 3 is 2.64 bits per heavy atom. The maximum absolute atomic E-state index is 12.7. The number of rotatable bonds is 5. The van der Waals surface area contributed by atoms with Crippen molar-refractivity contribution in [2.75, 3.05) is 5.32 Å². The highest BCUT2D eigenvalue weighted by Gasteiger charge is 2.17. The van der Waals surface area contributed by atoms with Gasteiger partial charge < -0.3 is 5.32 Å². The molecule has 0 saturated heterocycles. The Morgan fingerprint density at radius 2 is 1.92 bits per heavy atom. The molecule has 2 aromatic carbocycles. The van der Waals surface area contributed by atoms with E-state index in [-0.39, 0.29) is 5.91 Å². The first kappa shape index (κ1) is 17.2. The van der Waals surface area contributed by atoms with E-state index in [2.05, 4.69) is 22.5 Å². The molecule has 4 nitrogen and oxygen atoms in total. The van der Waals surface area contributed by atoms with E-state index in [4.69, 9.17) is 11.6 Å². The lowest BCUT2D eigenvalue weighted by atomic mass is 10.1. The number of benzene rings is 2. The number of aromatic nitrogens is 2. The van der Waals surface area contributed by atoms with Gasteiger partial charge in [0.2, 0.25) is 0 Å². The van der Waals surface area contributed by atoms with E-state index in [1.54, 1.807) is 6.20 Å². The highest BCUT2D eigenvalue weighted by Crippen LogP contribution is 2.24. The molecule has 128 valence electrons. The van der Waals surface area contributed by atoms with Crippen LogP contribution < -0.4 is 5.32 Å². The van der Waals surface area contributed by atoms with Crippen molar-refractivity contribution in [3.8, 4) is 0 Å². The molecular formula is C20H20ClN3O. The number of carbonyl (C=O) groups is 1. The fourth-order valence-electron chi connectivity index (χ4n) is 2.80. The number of amides is 1. The van der Waals surface area contributed by atoms with E-state index in [0.29, 0.717) is 17.1 Å². The largest absolute Gasteiger partial charge is 0.322 e. The summed E-state index contributed by atoms with van der Waals surface area (Å²) < 4.78 is 1.88. The van der Waals surface area contributed by atoms with E-state index >= 15 is 0 Å². The summed E-state index contributed by atoms with van der Waals surface area (Å²) in [4.78, 5) is 12.7. The lowest BCUT2D eigenvalue weighted by molar-refractivity contribution is 0.102. The van der Waals surface area contributed by atoms with Crippen LogP contribution in [-0.4, -0.2) is 15.7 Å². The zero-order valence-electron chi connectivity index (χ0n) is 14.3. The highest BCUT2D eigenvalue weighted by molar-refractivity contribution is 6.31. The first-order chi connectivity index (χ1) is 12.1. The van der Waals surface area contributed by atoms with Gasteiger partial charge in [-0.1, -0.05) is 54.9 Å². The molecule has 5 heteroatoms. The Labute approximate surface area is 152 Å². The van der Waals surface area contributed by atoms with Crippen LogP contribution in [0.1, 0.15) is 34.1 Å². The molecule has 0 fully saturated rings. The van der Waals surface area contributed by atoms with Crippen molar-refractivity contribution in [3.05, 3.63) is 82.1 Å². The van der Waals surface area contributed by atoms with E-state index < -0.39 is 0 Å². The quantitative estimate of drug-likeness (QED) is 0.722. The molecule has 0 aliphatic rings. The third-order valence-electron chi connectivity index (χ3n) is 4.22. The molecule has 25 heavy (non-hydrogen) atoms. The number of nitrogens with zero attached hydrogens (tertiary/aromatic N) is 2. The number of halogens is 1. The second kappa shape index (κ2) is 7.53. The van der Waals surface area contributed by atoms with Gasteiger partial charge in [0.05, 0.1) is 24.0 Å². The zero-order valence-corrected chi connectivity index (χ0v) is 15.0. The maximum Gasteiger partial charge on any atom is 0.259 e. The van der Waals surface area contributed by atoms with Gasteiger partial charge in [-0.3, -0.25) is 9.48 Å². The molecule has 0 saturated carbocycles. The molecule has 1 aromatic heterocycles. The minimum atomic E-state index is -0.165. The topological polar surface area (TPSA) is 46.9 Å². The zero-order chi connectivity index (χ0) is 17.8. The maximum atomic E-state index is 12.7. The van der Waals surface area contributed by atoms with E-state index in [0.717, 1.165) is 28.9 Å². The standard InChI is InChI=1S/C20H20ClN3O/c1-3-19-16(12-22-24(19)13-15-8-5-4-6-9-15)20(25)23-18-11-7-10-17(21)14(18)2/h4-12H,3,13H2,1-2H3,(H,23,25). The highest BCUT2D eigenvalue weighted by atomic mass is 35.5. The Hall–Kier alpha value is -2.59. The Kier molecular flexibility index (Phi) is 5.19. The van der Waals surface area contributed by atoms with Crippen molar-refractivity contribution in [1.29, 1.82) is 0 Å². The fraction of sp³-hybridized carbons (Fsp3) is 0.200. The van der Waals surface area contributed by atoms with Crippen molar-refractivity contribution >= 4 is 23.2 Å².